The number of aromatic nitrogens is 4. The van der Waals surface area contributed by atoms with Crippen LogP contribution in [0.3, 0.4) is 0 Å². The van der Waals surface area contributed by atoms with Crippen molar-refractivity contribution in [1.29, 1.82) is 0 Å². The highest BCUT2D eigenvalue weighted by Gasteiger charge is 2.05. The average Bonchev–Trinajstić information content (AvgIpc) is 2.53. The van der Waals surface area contributed by atoms with Crippen LogP contribution in [-0.4, -0.2) is 31.0 Å². The van der Waals surface area contributed by atoms with Gasteiger partial charge in [0.25, 0.3) is 5.56 Å². The minimum atomic E-state index is -0.980. The molecule has 8 heteroatoms. The zero-order valence-corrected chi connectivity index (χ0v) is 11.7. The van der Waals surface area contributed by atoms with E-state index in [4.69, 9.17) is 10.8 Å². The van der Waals surface area contributed by atoms with E-state index in [0.29, 0.717) is 5.69 Å². The molecule has 0 aliphatic rings. The molecule has 23 heavy (non-hydrogen) atoms. The van der Waals surface area contributed by atoms with E-state index in [1.807, 2.05) is 0 Å². The van der Waals surface area contributed by atoms with Gasteiger partial charge in [-0.3, -0.25) is 9.78 Å². The third-order valence-corrected chi connectivity index (χ3v) is 3.06. The van der Waals surface area contributed by atoms with Crippen molar-refractivity contribution in [3.63, 3.8) is 0 Å². The summed E-state index contributed by atoms with van der Waals surface area (Å²) in [6.45, 7) is 0. The Morgan fingerprint density at radius 2 is 1.91 bits per heavy atom. The Bertz CT molecular complexity index is 977. The number of carboxylic acids is 1. The Morgan fingerprint density at radius 3 is 2.61 bits per heavy atom. The van der Waals surface area contributed by atoms with Crippen LogP contribution in [-0.2, 0) is 0 Å². The zero-order chi connectivity index (χ0) is 16.4. The highest BCUT2D eigenvalue weighted by molar-refractivity contribution is 5.88. The molecule has 2 aromatic heterocycles. The van der Waals surface area contributed by atoms with Crippen LogP contribution in [0.25, 0.3) is 23.3 Å². The number of fused-ring (bicyclic) bond motifs is 1. The Hall–Kier alpha value is -3.55. The summed E-state index contributed by atoms with van der Waals surface area (Å²) in [5.41, 5.74) is 6.73. The quantitative estimate of drug-likeness (QED) is 0.660. The maximum atomic E-state index is 11.8. The molecule has 0 spiro atoms. The Morgan fingerprint density at radius 1 is 1.17 bits per heavy atom. The van der Waals surface area contributed by atoms with Gasteiger partial charge in [-0.1, -0.05) is 18.2 Å². The van der Waals surface area contributed by atoms with Gasteiger partial charge >= 0.3 is 5.97 Å². The molecule has 4 N–H and O–H groups in total. The lowest BCUT2D eigenvalue weighted by atomic mass is 10.1. The molecule has 114 valence electrons. The van der Waals surface area contributed by atoms with Gasteiger partial charge in [-0.2, -0.15) is 4.98 Å². The molecular formula is C15H11N5O3. The van der Waals surface area contributed by atoms with E-state index >= 15 is 0 Å². The fraction of sp³-hybridized carbons (Fsp3) is 0. The van der Waals surface area contributed by atoms with Crippen molar-refractivity contribution in [2.75, 3.05) is 5.73 Å². The van der Waals surface area contributed by atoms with Crippen LogP contribution in [0.5, 0.6) is 0 Å². The Labute approximate surface area is 129 Å². The van der Waals surface area contributed by atoms with Crippen molar-refractivity contribution in [3.05, 3.63) is 57.6 Å². The van der Waals surface area contributed by atoms with Gasteiger partial charge in [-0.25, -0.2) is 14.8 Å². The predicted octanol–water partition coefficient (Wildman–Crippen LogP) is 1.16. The second-order valence-electron chi connectivity index (χ2n) is 4.68. The van der Waals surface area contributed by atoms with Crippen molar-refractivity contribution in [2.24, 2.45) is 0 Å². The van der Waals surface area contributed by atoms with Crippen molar-refractivity contribution in [2.45, 2.75) is 0 Å². The second-order valence-corrected chi connectivity index (χ2v) is 4.68. The molecular weight excluding hydrogens is 298 g/mol. The van der Waals surface area contributed by atoms with E-state index in [0.717, 1.165) is 5.56 Å². The number of hydrogen-bond donors (Lipinski definition) is 3. The summed E-state index contributed by atoms with van der Waals surface area (Å²) < 4.78 is 0. The smallest absolute Gasteiger partial charge is 0.335 e. The number of nitrogens with two attached hydrogens (primary N) is 1. The number of aromatic amines is 1. The summed E-state index contributed by atoms with van der Waals surface area (Å²) in [5, 5.41) is 8.85. The number of benzene rings is 1. The normalized spacial score (nSPS) is 11.1. The summed E-state index contributed by atoms with van der Waals surface area (Å²) >= 11 is 0. The number of rotatable bonds is 3. The first-order valence-electron chi connectivity index (χ1n) is 6.57. The molecule has 0 amide bonds. The van der Waals surface area contributed by atoms with Crippen LogP contribution < -0.4 is 11.3 Å². The van der Waals surface area contributed by atoms with Crippen molar-refractivity contribution in [1.82, 2.24) is 19.9 Å². The fourth-order valence-corrected chi connectivity index (χ4v) is 1.95. The molecule has 0 fully saturated rings. The summed E-state index contributed by atoms with van der Waals surface area (Å²) in [5.74, 6) is -0.995. The van der Waals surface area contributed by atoms with Crippen molar-refractivity contribution >= 4 is 35.2 Å². The SMILES string of the molecule is Nc1nc2ncc(C=Cc3ccc(C(=O)O)cc3)nc2c(=O)[nH]1. The fourth-order valence-electron chi connectivity index (χ4n) is 1.95. The highest BCUT2D eigenvalue weighted by Crippen LogP contribution is 2.10. The first-order valence-corrected chi connectivity index (χ1v) is 6.57. The Kier molecular flexibility index (Phi) is 3.55. The molecule has 3 aromatic rings. The molecule has 0 radical (unpaired) electrons. The van der Waals surface area contributed by atoms with E-state index in [9.17, 15) is 9.59 Å². The molecule has 2 heterocycles. The third-order valence-electron chi connectivity index (χ3n) is 3.06. The van der Waals surface area contributed by atoms with Crippen molar-refractivity contribution < 1.29 is 9.90 Å². The van der Waals surface area contributed by atoms with E-state index in [1.54, 1.807) is 24.3 Å². The van der Waals surface area contributed by atoms with Crippen LogP contribution in [0.2, 0.25) is 0 Å². The molecule has 0 saturated heterocycles. The summed E-state index contributed by atoms with van der Waals surface area (Å²) in [7, 11) is 0. The summed E-state index contributed by atoms with van der Waals surface area (Å²) in [6.07, 6.45) is 4.87. The number of hydrogen-bond acceptors (Lipinski definition) is 6. The van der Waals surface area contributed by atoms with Crippen LogP contribution in [0.1, 0.15) is 21.6 Å². The summed E-state index contributed by atoms with van der Waals surface area (Å²) in [6, 6.07) is 6.35. The van der Waals surface area contributed by atoms with E-state index in [-0.39, 0.29) is 22.7 Å². The number of nitrogens with zero attached hydrogens (tertiary/aromatic N) is 3. The van der Waals surface area contributed by atoms with Gasteiger partial charge in [0.05, 0.1) is 17.5 Å². The lowest BCUT2D eigenvalue weighted by molar-refractivity contribution is 0.0697. The number of aromatic carboxylic acids is 1. The topological polar surface area (TPSA) is 135 Å². The lowest BCUT2D eigenvalue weighted by Gasteiger charge is -1.99. The minimum Gasteiger partial charge on any atom is -0.478 e. The standard InChI is InChI=1S/C15H11N5O3/c16-15-19-12-11(13(21)20-15)18-10(7-17-12)6-3-8-1-4-9(5-2-8)14(22)23/h1-7H,(H,22,23)(H3,16,17,19,20,21). The predicted molar refractivity (Wildman–Crippen MR) is 84.7 cm³/mol. The van der Waals surface area contributed by atoms with E-state index in [2.05, 4.69) is 19.9 Å². The molecule has 0 atom stereocenters. The largest absolute Gasteiger partial charge is 0.478 e. The van der Waals surface area contributed by atoms with Crippen LogP contribution in [0, 0.1) is 0 Å². The van der Waals surface area contributed by atoms with Crippen LogP contribution in [0.15, 0.2) is 35.3 Å². The van der Waals surface area contributed by atoms with Gasteiger partial charge in [0.2, 0.25) is 5.95 Å². The van der Waals surface area contributed by atoms with Gasteiger partial charge < -0.3 is 10.8 Å². The maximum absolute atomic E-state index is 11.8. The monoisotopic (exact) mass is 309 g/mol. The number of nitrogens with one attached hydrogen (secondary N) is 1. The second kappa shape index (κ2) is 5.68. The first-order chi connectivity index (χ1) is 11.0. The third kappa shape index (κ3) is 3.05. The van der Waals surface area contributed by atoms with E-state index < -0.39 is 11.5 Å². The van der Waals surface area contributed by atoms with Crippen LogP contribution >= 0.6 is 0 Å². The van der Waals surface area contributed by atoms with E-state index in [1.165, 1.54) is 18.3 Å². The zero-order valence-electron chi connectivity index (χ0n) is 11.7. The molecule has 0 unspecified atom stereocenters. The van der Waals surface area contributed by atoms with Crippen molar-refractivity contribution in [3.8, 4) is 0 Å². The summed E-state index contributed by atoms with van der Waals surface area (Å²) in [4.78, 5) is 37.0. The number of carbonyl (C=O) groups is 1. The van der Waals surface area contributed by atoms with Gasteiger partial charge in [-0.05, 0) is 23.8 Å². The molecule has 3 rings (SSSR count). The van der Waals surface area contributed by atoms with Gasteiger partial charge in [-0.15, -0.1) is 0 Å². The number of carboxylic acid groups (broad SMARTS) is 1. The Balaban J connectivity index is 1.91. The first kappa shape index (κ1) is 14.4. The van der Waals surface area contributed by atoms with Crippen LogP contribution in [0.4, 0.5) is 5.95 Å². The number of anilines is 1. The molecule has 0 aliphatic heterocycles. The molecule has 0 aliphatic carbocycles. The van der Waals surface area contributed by atoms with Gasteiger partial charge in [0, 0.05) is 0 Å². The molecule has 8 nitrogen and oxygen atoms in total. The molecule has 0 bridgehead atoms. The minimum absolute atomic E-state index is 0.0152. The molecule has 0 saturated carbocycles. The van der Waals surface area contributed by atoms with Gasteiger partial charge in [0.15, 0.2) is 11.2 Å². The van der Waals surface area contributed by atoms with Gasteiger partial charge in [0.1, 0.15) is 0 Å². The average molecular weight is 309 g/mol. The maximum Gasteiger partial charge on any atom is 0.335 e. The number of nitrogen functional groups attached to an aromatic ring is 1. The number of H-pyrrole nitrogens is 1. The highest BCUT2D eigenvalue weighted by atomic mass is 16.4. The molecule has 1 aromatic carbocycles. The lowest BCUT2D eigenvalue weighted by Crippen LogP contribution is -2.13.